The Bertz CT molecular complexity index is 590. The van der Waals surface area contributed by atoms with Crippen molar-refractivity contribution in [2.45, 2.75) is 4.90 Å². The van der Waals surface area contributed by atoms with Gasteiger partial charge in [0.1, 0.15) is 0 Å². The van der Waals surface area contributed by atoms with Crippen LogP contribution in [0.3, 0.4) is 0 Å². The molecular weight excluding hydrogens is 228 g/mol. The van der Waals surface area contributed by atoms with Crippen molar-refractivity contribution in [1.29, 1.82) is 0 Å². The summed E-state index contributed by atoms with van der Waals surface area (Å²) in [4.78, 5) is 0.0677. The molecule has 0 N–H and O–H groups in total. The van der Waals surface area contributed by atoms with Crippen LogP contribution in [0.5, 0.6) is 0 Å². The molecule has 0 unspecified atom stereocenters. The number of aromatic nitrogens is 2. The molecule has 1 heterocycles. The SMILES string of the molecule is CS(=O)(=O)c1ccc(Cl)c2nonc12. The molecule has 0 aliphatic carbocycles. The molecule has 0 aliphatic heterocycles. The molecule has 5 nitrogen and oxygen atoms in total. The number of fused-ring (bicyclic) bond motifs is 1. The summed E-state index contributed by atoms with van der Waals surface area (Å²) in [6.07, 6.45) is 1.09. The van der Waals surface area contributed by atoms with Crippen molar-refractivity contribution in [2.75, 3.05) is 6.26 Å². The van der Waals surface area contributed by atoms with Gasteiger partial charge in [0, 0.05) is 6.26 Å². The molecule has 0 atom stereocenters. The van der Waals surface area contributed by atoms with Crippen LogP contribution in [-0.4, -0.2) is 25.0 Å². The first kappa shape index (κ1) is 9.42. The number of sulfone groups is 1. The Morgan fingerprint density at radius 2 is 1.93 bits per heavy atom. The number of hydrogen-bond acceptors (Lipinski definition) is 5. The Labute approximate surface area is 84.5 Å². The highest BCUT2D eigenvalue weighted by Crippen LogP contribution is 2.26. The van der Waals surface area contributed by atoms with E-state index in [9.17, 15) is 8.42 Å². The molecule has 0 saturated heterocycles. The standard InChI is InChI=1S/C7H5ClN2O3S/c1-14(11,12)5-3-2-4(8)6-7(5)10-13-9-6/h2-3H,1H3. The van der Waals surface area contributed by atoms with Gasteiger partial charge in [0.25, 0.3) is 0 Å². The van der Waals surface area contributed by atoms with E-state index >= 15 is 0 Å². The Morgan fingerprint density at radius 3 is 2.57 bits per heavy atom. The maximum atomic E-state index is 11.3. The molecule has 0 fully saturated rings. The topological polar surface area (TPSA) is 73.1 Å². The Kier molecular flexibility index (Phi) is 1.97. The van der Waals surface area contributed by atoms with E-state index in [-0.39, 0.29) is 15.9 Å². The van der Waals surface area contributed by atoms with Gasteiger partial charge in [-0.2, -0.15) is 0 Å². The number of benzene rings is 1. The van der Waals surface area contributed by atoms with Crippen molar-refractivity contribution in [3.05, 3.63) is 17.2 Å². The van der Waals surface area contributed by atoms with E-state index in [1.54, 1.807) is 0 Å². The average Bonchev–Trinajstić information content (AvgIpc) is 2.50. The summed E-state index contributed by atoms with van der Waals surface area (Å²) in [5.74, 6) is 0. The quantitative estimate of drug-likeness (QED) is 0.741. The third kappa shape index (κ3) is 1.36. The summed E-state index contributed by atoms with van der Waals surface area (Å²) in [5, 5.41) is 7.32. The van der Waals surface area contributed by atoms with Crippen LogP contribution in [0.1, 0.15) is 0 Å². The van der Waals surface area contributed by atoms with E-state index in [2.05, 4.69) is 14.9 Å². The largest absolute Gasteiger partial charge is 0.243 e. The van der Waals surface area contributed by atoms with Crippen LogP contribution in [-0.2, 0) is 9.84 Å². The van der Waals surface area contributed by atoms with E-state index in [4.69, 9.17) is 11.6 Å². The summed E-state index contributed by atoms with van der Waals surface area (Å²) in [6, 6.07) is 2.83. The number of hydrogen-bond donors (Lipinski definition) is 0. The van der Waals surface area contributed by atoms with Gasteiger partial charge in [0.05, 0.1) is 9.92 Å². The summed E-state index contributed by atoms with van der Waals surface area (Å²) in [7, 11) is -3.34. The van der Waals surface area contributed by atoms with Crippen molar-refractivity contribution in [3.8, 4) is 0 Å². The summed E-state index contributed by atoms with van der Waals surface area (Å²) < 4.78 is 27.0. The van der Waals surface area contributed by atoms with Crippen LogP contribution in [0.4, 0.5) is 0 Å². The molecule has 74 valence electrons. The fourth-order valence-electron chi connectivity index (χ4n) is 1.11. The number of nitrogens with zero attached hydrogens (tertiary/aromatic N) is 2. The molecule has 0 saturated carbocycles. The lowest BCUT2D eigenvalue weighted by Crippen LogP contribution is -1.98. The van der Waals surface area contributed by atoms with Gasteiger partial charge < -0.3 is 0 Å². The smallest absolute Gasteiger partial charge is 0.177 e. The fourth-order valence-corrected chi connectivity index (χ4v) is 2.10. The first-order valence-corrected chi connectivity index (χ1v) is 5.88. The van der Waals surface area contributed by atoms with Crippen LogP contribution < -0.4 is 0 Å². The molecule has 14 heavy (non-hydrogen) atoms. The van der Waals surface area contributed by atoms with Gasteiger partial charge in [-0.1, -0.05) is 11.6 Å². The second-order valence-electron chi connectivity index (χ2n) is 2.78. The van der Waals surface area contributed by atoms with Crippen LogP contribution in [0.15, 0.2) is 21.7 Å². The minimum atomic E-state index is -3.34. The number of rotatable bonds is 1. The highest BCUT2D eigenvalue weighted by Gasteiger charge is 2.17. The molecule has 2 aromatic rings. The van der Waals surface area contributed by atoms with Crippen LogP contribution in [0.2, 0.25) is 5.02 Å². The van der Waals surface area contributed by atoms with Crippen molar-refractivity contribution in [2.24, 2.45) is 0 Å². The van der Waals surface area contributed by atoms with Gasteiger partial charge in [0.15, 0.2) is 20.9 Å². The third-order valence-electron chi connectivity index (χ3n) is 1.73. The van der Waals surface area contributed by atoms with Crippen LogP contribution in [0, 0.1) is 0 Å². The predicted molar refractivity (Wildman–Crippen MR) is 49.9 cm³/mol. The first-order chi connectivity index (χ1) is 6.50. The highest BCUT2D eigenvalue weighted by molar-refractivity contribution is 7.91. The molecule has 2 rings (SSSR count). The third-order valence-corrected chi connectivity index (χ3v) is 3.16. The lowest BCUT2D eigenvalue weighted by atomic mass is 10.3. The lowest BCUT2D eigenvalue weighted by molar-refractivity contribution is 0.315. The van der Waals surface area contributed by atoms with E-state index in [1.165, 1.54) is 12.1 Å². The van der Waals surface area contributed by atoms with Crippen molar-refractivity contribution >= 4 is 32.5 Å². The predicted octanol–water partition coefficient (Wildman–Crippen LogP) is 1.28. The van der Waals surface area contributed by atoms with E-state index in [0.717, 1.165) is 6.26 Å². The highest BCUT2D eigenvalue weighted by atomic mass is 35.5. The zero-order valence-electron chi connectivity index (χ0n) is 7.06. The van der Waals surface area contributed by atoms with Crippen molar-refractivity contribution < 1.29 is 13.0 Å². The Morgan fingerprint density at radius 1 is 1.29 bits per heavy atom. The second-order valence-corrected chi connectivity index (χ2v) is 5.17. The number of halogens is 1. The second kappa shape index (κ2) is 2.93. The molecule has 0 amide bonds. The van der Waals surface area contributed by atoms with Gasteiger partial charge in [0.2, 0.25) is 0 Å². The Balaban J connectivity index is 2.93. The van der Waals surface area contributed by atoms with Gasteiger partial charge in [-0.05, 0) is 22.4 Å². The van der Waals surface area contributed by atoms with Crippen molar-refractivity contribution in [3.63, 3.8) is 0 Å². The van der Waals surface area contributed by atoms with E-state index in [0.29, 0.717) is 5.02 Å². The first-order valence-electron chi connectivity index (χ1n) is 3.61. The average molecular weight is 233 g/mol. The maximum absolute atomic E-state index is 11.3. The molecular formula is C7H5ClN2O3S. The van der Waals surface area contributed by atoms with Crippen LogP contribution >= 0.6 is 11.6 Å². The van der Waals surface area contributed by atoms with Crippen LogP contribution in [0.25, 0.3) is 11.0 Å². The summed E-state index contributed by atoms with van der Waals surface area (Å²) >= 11 is 5.76. The fraction of sp³-hybridized carbons (Fsp3) is 0.143. The molecule has 7 heteroatoms. The molecule has 0 radical (unpaired) electrons. The minimum Gasteiger partial charge on any atom is -0.243 e. The molecule has 0 aliphatic rings. The monoisotopic (exact) mass is 232 g/mol. The van der Waals surface area contributed by atoms with E-state index < -0.39 is 9.84 Å². The van der Waals surface area contributed by atoms with Gasteiger partial charge in [-0.25, -0.2) is 13.0 Å². The van der Waals surface area contributed by atoms with E-state index in [1.807, 2.05) is 0 Å². The molecule has 1 aromatic carbocycles. The molecule has 0 spiro atoms. The lowest BCUT2D eigenvalue weighted by Gasteiger charge is -1.97. The van der Waals surface area contributed by atoms with Gasteiger partial charge >= 0.3 is 0 Å². The van der Waals surface area contributed by atoms with Gasteiger partial charge in [-0.15, -0.1) is 0 Å². The maximum Gasteiger partial charge on any atom is 0.177 e. The Hall–Kier alpha value is -1.14. The minimum absolute atomic E-state index is 0.0677. The normalized spacial score (nSPS) is 12.1. The summed E-state index contributed by atoms with van der Waals surface area (Å²) in [5.41, 5.74) is 0.426. The molecule has 0 bridgehead atoms. The van der Waals surface area contributed by atoms with Crippen molar-refractivity contribution in [1.82, 2.24) is 10.3 Å². The van der Waals surface area contributed by atoms with Gasteiger partial charge in [-0.3, -0.25) is 0 Å². The zero-order chi connectivity index (χ0) is 10.3. The zero-order valence-corrected chi connectivity index (χ0v) is 8.63. The molecule has 1 aromatic heterocycles. The summed E-state index contributed by atoms with van der Waals surface area (Å²) in [6.45, 7) is 0.